The molecule has 0 unspecified atom stereocenters. The molecule has 0 radical (unpaired) electrons. The van der Waals surface area contributed by atoms with Gasteiger partial charge in [-0.15, -0.1) is 0 Å². The molecule has 0 N–H and O–H groups in total. The Kier molecular flexibility index (Phi) is 6.07. The van der Waals surface area contributed by atoms with Crippen LogP contribution >= 0.6 is 0 Å². The summed E-state index contributed by atoms with van der Waals surface area (Å²) in [5.41, 5.74) is 2.35. The topological polar surface area (TPSA) is 26.3 Å². The molecule has 0 spiro atoms. The van der Waals surface area contributed by atoms with Crippen LogP contribution in [0.25, 0.3) is 0 Å². The highest BCUT2D eigenvalue weighted by molar-refractivity contribution is 5.77. The summed E-state index contributed by atoms with van der Waals surface area (Å²) < 4.78 is 5.28. The molecule has 0 saturated carbocycles. The first-order valence-corrected chi connectivity index (χ1v) is 7.15. The molecule has 0 aromatic heterocycles. The van der Waals surface area contributed by atoms with E-state index < -0.39 is 0 Å². The molecule has 0 fully saturated rings. The summed E-state index contributed by atoms with van der Waals surface area (Å²) in [6, 6.07) is 8.31. The van der Waals surface area contributed by atoms with Gasteiger partial charge in [-0.2, -0.15) is 0 Å². The second-order valence-electron chi connectivity index (χ2n) is 6.09. The molecule has 2 nitrogen and oxygen atoms in total. The van der Waals surface area contributed by atoms with Gasteiger partial charge in [-0.05, 0) is 36.3 Å². The summed E-state index contributed by atoms with van der Waals surface area (Å²) in [6.07, 6.45) is 1.08. The minimum Gasteiger partial charge on any atom is -0.465 e. The molecule has 1 atom stereocenters. The summed E-state index contributed by atoms with van der Waals surface area (Å²) in [7, 11) is 0. The standard InChI is InChI=1S/C17H26O2/c1-12(2)10-15-6-8-16(9-7-15)14(5)17(18)19-11-13(3)4/h6-9,12-14H,10-11H2,1-5H3/t14-/m1/s1. The molecule has 0 bridgehead atoms. The van der Waals surface area contributed by atoms with E-state index in [4.69, 9.17) is 4.74 Å². The molecule has 0 aliphatic heterocycles. The molecular formula is C17H26O2. The maximum atomic E-state index is 11.9. The third kappa shape index (κ3) is 5.46. The van der Waals surface area contributed by atoms with Gasteiger partial charge in [0.25, 0.3) is 0 Å². The number of rotatable bonds is 6. The van der Waals surface area contributed by atoms with E-state index in [2.05, 4.69) is 26.0 Å². The number of carbonyl (C=O) groups excluding carboxylic acids is 1. The van der Waals surface area contributed by atoms with Crippen LogP contribution in [0.2, 0.25) is 0 Å². The summed E-state index contributed by atoms with van der Waals surface area (Å²) in [6.45, 7) is 10.9. The molecule has 0 heterocycles. The van der Waals surface area contributed by atoms with E-state index in [1.807, 2.05) is 32.9 Å². The molecule has 19 heavy (non-hydrogen) atoms. The Hall–Kier alpha value is -1.31. The van der Waals surface area contributed by atoms with E-state index in [9.17, 15) is 4.79 Å². The molecule has 2 heteroatoms. The summed E-state index contributed by atoms with van der Waals surface area (Å²) in [4.78, 5) is 11.9. The van der Waals surface area contributed by atoms with Crippen LogP contribution in [0.5, 0.6) is 0 Å². The molecule has 1 aromatic carbocycles. The van der Waals surface area contributed by atoms with Crippen LogP contribution in [0.4, 0.5) is 0 Å². The first kappa shape index (κ1) is 15.7. The summed E-state index contributed by atoms with van der Waals surface area (Å²) in [5, 5.41) is 0. The highest BCUT2D eigenvalue weighted by atomic mass is 16.5. The quantitative estimate of drug-likeness (QED) is 0.719. The van der Waals surface area contributed by atoms with Crippen molar-refractivity contribution < 1.29 is 9.53 Å². The minimum absolute atomic E-state index is 0.134. The first-order valence-electron chi connectivity index (χ1n) is 7.15. The molecular weight excluding hydrogens is 236 g/mol. The summed E-state index contributed by atoms with van der Waals surface area (Å²) in [5.74, 6) is 0.709. The Morgan fingerprint density at radius 2 is 1.58 bits per heavy atom. The fourth-order valence-electron chi connectivity index (χ4n) is 1.92. The number of carbonyl (C=O) groups is 1. The number of benzene rings is 1. The Balaban J connectivity index is 2.61. The van der Waals surface area contributed by atoms with Crippen LogP contribution in [0.15, 0.2) is 24.3 Å². The van der Waals surface area contributed by atoms with Gasteiger partial charge in [0.1, 0.15) is 0 Å². The van der Waals surface area contributed by atoms with E-state index in [0.29, 0.717) is 18.4 Å². The normalized spacial score (nSPS) is 12.8. The smallest absolute Gasteiger partial charge is 0.313 e. The lowest BCUT2D eigenvalue weighted by atomic mass is 9.97. The maximum Gasteiger partial charge on any atom is 0.313 e. The number of hydrogen-bond acceptors (Lipinski definition) is 2. The van der Waals surface area contributed by atoms with E-state index >= 15 is 0 Å². The fraction of sp³-hybridized carbons (Fsp3) is 0.588. The van der Waals surface area contributed by atoms with Gasteiger partial charge in [-0.1, -0.05) is 52.0 Å². The van der Waals surface area contributed by atoms with Crippen molar-refractivity contribution in [3.63, 3.8) is 0 Å². The number of hydrogen-bond donors (Lipinski definition) is 0. The van der Waals surface area contributed by atoms with Gasteiger partial charge in [0, 0.05) is 0 Å². The lowest BCUT2D eigenvalue weighted by molar-refractivity contribution is -0.146. The Labute approximate surface area is 117 Å². The zero-order valence-electron chi connectivity index (χ0n) is 12.8. The third-order valence-corrected chi connectivity index (χ3v) is 3.04. The average molecular weight is 262 g/mol. The van der Waals surface area contributed by atoms with Crippen LogP contribution in [0.1, 0.15) is 51.7 Å². The van der Waals surface area contributed by atoms with Crippen molar-refractivity contribution in [1.82, 2.24) is 0 Å². The molecule has 0 amide bonds. The van der Waals surface area contributed by atoms with E-state index in [1.165, 1.54) is 5.56 Å². The predicted molar refractivity (Wildman–Crippen MR) is 79.2 cm³/mol. The minimum atomic E-state index is -0.188. The fourth-order valence-corrected chi connectivity index (χ4v) is 1.92. The van der Waals surface area contributed by atoms with Gasteiger partial charge >= 0.3 is 5.97 Å². The van der Waals surface area contributed by atoms with Crippen molar-refractivity contribution in [2.24, 2.45) is 11.8 Å². The number of esters is 1. The average Bonchev–Trinajstić information content (AvgIpc) is 2.35. The SMILES string of the molecule is CC(C)COC(=O)[C@H](C)c1ccc(CC(C)C)cc1. The van der Waals surface area contributed by atoms with Crippen molar-refractivity contribution in [2.45, 2.75) is 47.0 Å². The Bertz CT molecular complexity index is 390. The van der Waals surface area contributed by atoms with Crippen molar-refractivity contribution in [2.75, 3.05) is 6.61 Å². The van der Waals surface area contributed by atoms with Gasteiger partial charge in [0.2, 0.25) is 0 Å². The zero-order chi connectivity index (χ0) is 14.4. The van der Waals surface area contributed by atoms with Crippen molar-refractivity contribution in [3.05, 3.63) is 35.4 Å². The van der Waals surface area contributed by atoms with Crippen LogP contribution in [-0.4, -0.2) is 12.6 Å². The van der Waals surface area contributed by atoms with E-state index in [-0.39, 0.29) is 11.9 Å². The molecule has 0 saturated heterocycles. The lowest BCUT2D eigenvalue weighted by Gasteiger charge is -2.14. The van der Waals surface area contributed by atoms with Crippen molar-refractivity contribution >= 4 is 5.97 Å². The van der Waals surface area contributed by atoms with Crippen LogP contribution < -0.4 is 0 Å². The Morgan fingerprint density at radius 1 is 1.00 bits per heavy atom. The molecule has 1 rings (SSSR count). The van der Waals surface area contributed by atoms with E-state index in [1.54, 1.807) is 0 Å². The zero-order valence-corrected chi connectivity index (χ0v) is 12.8. The summed E-state index contributed by atoms with van der Waals surface area (Å²) >= 11 is 0. The highest BCUT2D eigenvalue weighted by Crippen LogP contribution is 2.19. The van der Waals surface area contributed by atoms with Gasteiger partial charge in [0.05, 0.1) is 12.5 Å². The van der Waals surface area contributed by atoms with Crippen molar-refractivity contribution in [1.29, 1.82) is 0 Å². The first-order chi connectivity index (χ1) is 8.90. The van der Waals surface area contributed by atoms with Gasteiger partial charge in [-0.25, -0.2) is 0 Å². The van der Waals surface area contributed by atoms with Crippen LogP contribution in [0, 0.1) is 11.8 Å². The molecule has 0 aliphatic carbocycles. The Morgan fingerprint density at radius 3 is 2.05 bits per heavy atom. The highest BCUT2D eigenvalue weighted by Gasteiger charge is 2.17. The monoisotopic (exact) mass is 262 g/mol. The largest absolute Gasteiger partial charge is 0.465 e. The molecule has 0 aliphatic rings. The van der Waals surface area contributed by atoms with Gasteiger partial charge < -0.3 is 4.74 Å². The molecule has 106 valence electrons. The lowest BCUT2D eigenvalue weighted by Crippen LogP contribution is -2.16. The maximum absolute atomic E-state index is 11.9. The second-order valence-corrected chi connectivity index (χ2v) is 6.09. The number of ether oxygens (including phenoxy) is 1. The van der Waals surface area contributed by atoms with Crippen molar-refractivity contribution in [3.8, 4) is 0 Å². The predicted octanol–water partition coefficient (Wildman–Crippen LogP) is 4.19. The molecule has 1 aromatic rings. The van der Waals surface area contributed by atoms with Gasteiger partial charge in [-0.3, -0.25) is 4.79 Å². The van der Waals surface area contributed by atoms with Crippen LogP contribution in [0.3, 0.4) is 0 Å². The third-order valence-electron chi connectivity index (χ3n) is 3.04. The second kappa shape index (κ2) is 7.32. The van der Waals surface area contributed by atoms with E-state index in [0.717, 1.165) is 12.0 Å². The van der Waals surface area contributed by atoms with Gasteiger partial charge in [0.15, 0.2) is 0 Å². The van der Waals surface area contributed by atoms with Crippen LogP contribution in [-0.2, 0) is 16.0 Å².